The molecular weight excluding hydrogens is 451 g/mol. The molecule has 1 aliphatic heterocycles. The fourth-order valence-corrected chi connectivity index (χ4v) is 3.57. The van der Waals surface area contributed by atoms with Gasteiger partial charge < -0.3 is 9.84 Å². The number of aromatic nitrogens is 1. The topological polar surface area (TPSA) is 90.7 Å². The van der Waals surface area contributed by atoms with Gasteiger partial charge in [0.05, 0.1) is 28.9 Å². The van der Waals surface area contributed by atoms with E-state index < -0.39 is 28.7 Å². The molecule has 1 aliphatic rings. The van der Waals surface area contributed by atoms with Crippen LogP contribution in [0.1, 0.15) is 18.2 Å². The van der Waals surface area contributed by atoms with E-state index in [1.807, 2.05) is 9.80 Å². The molecule has 0 spiro atoms. The molecule has 0 saturated carbocycles. The van der Waals surface area contributed by atoms with Gasteiger partial charge in [0, 0.05) is 37.9 Å². The van der Waals surface area contributed by atoms with Crippen LogP contribution in [0.15, 0.2) is 28.8 Å². The van der Waals surface area contributed by atoms with Crippen molar-refractivity contribution in [1.82, 2.24) is 15.0 Å². The second-order valence-electron chi connectivity index (χ2n) is 7.55. The molecule has 1 aromatic carbocycles. The van der Waals surface area contributed by atoms with Gasteiger partial charge in [-0.25, -0.2) is 0 Å². The number of alkyl halides is 3. The molecule has 2 amide bonds. The van der Waals surface area contributed by atoms with Crippen molar-refractivity contribution in [3.8, 4) is 0 Å². The zero-order chi connectivity index (χ0) is 23.5. The molecule has 1 fully saturated rings. The Hall–Kier alpha value is -2.63. The molecular formula is C20H23ClF3N5O3. The highest BCUT2D eigenvalue weighted by Gasteiger charge is 2.33. The highest BCUT2D eigenvalue weighted by Crippen LogP contribution is 2.36. The standard InChI is InChI=1S/C20H23ClF3N5O3/c1-12-9-18(32-27-12)26-19(31)13(2)29-7-5-28(6-8-29)11-17(30)25-14-3-4-16(21)15(10-14)20(22,23)24/h3-4,9-10,13H,5-8,11H2,1-2H3,(H,25,30)(H,26,31). The summed E-state index contributed by atoms with van der Waals surface area (Å²) in [6, 6.07) is 4.45. The zero-order valence-electron chi connectivity index (χ0n) is 17.5. The predicted octanol–water partition coefficient (Wildman–Crippen LogP) is 3.24. The number of nitrogens with zero attached hydrogens (tertiary/aromatic N) is 3. The molecule has 12 heteroatoms. The Labute approximate surface area is 187 Å². The Kier molecular flexibility index (Phi) is 7.42. The summed E-state index contributed by atoms with van der Waals surface area (Å²) in [6.45, 7) is 5.71. The average Bonchev–Trinajstić information content (AvgIpc) is 3.13. The Morgan fingerprint density at radius 3 is 2.47 bits per heavy atom. The molecule has 2 aromatic rings. The zero-order valence-corrected chi connectivity index (χ0v) is 18.3. The molecule has 1 saturated heterocycles. The van der Waals surface area contributed by atoms with Crippen molar-refractivity contribution in [2.24, 2.45) is 0 Å². The van der Waals surface area contributed by atoms with Crippen molar-refractivity contribution in [2.75, 3.05) is 43.4 Å². The van der Waals surface area contributed by atoms with Crippen molar-refractivity contribution >= 4 is 35.0 Å². The number of hydrogen-bond donors (Lipinski definition) is 2. The summed E-state index contributed by atoms with van der Waals surface area (Å²) in [4.78, 5) is 28.5. The van der Waals surface area contributed by atoms with Crippen LogP contribution in [0.2, 0.25) is 5.02 Å². The molecule has 32 heavy (non-hydrogen) atoms. The molecule has 174 valence electrons. The first-order valence-electron chi connectivity index (χ1n) is 9.90. The van der Waals surface area contributed by atoms with Gasteiger partial charge >= 0.3 is 6.18 Å². The van der Waals surface area contributed by atoms with Gasteiger partial charge in [0.15, 0.2) is 0 Å². The number of amides is 2. The number of halogens is 4. The number of piperazine rings is 1. The van der Waals surface area contributed by atoms with Crippen LogP contribution in [0.3, 0.4) is 0 Å². The quantitative estimate of drug-likeness (QED) is 0.669. The highest BCUT2D eigenvalue weighted by atomic mass is 35.5. The normalized spacial score (nSPS) is 16.6. The molecule has 0 radical (unpaired) electrons. The minimum atomic E-state index is -4.61. The summed E-state index contributed by atoms with van der Waals surface area (Å²) in [5.74, 6) is -0.374. The molecule has 1 aromatic heterocycles. The first-order valence-corrected chi connectivity index (χ1v) is 10.3. The first-order chi connectivity index (χ1) is 15.0. The fourth-order valence-electron chi connectivity index (χ4n) is 3.35. The average molecular weight is 474 g/mol. The minimum absolute atomic E-state index is 0.0235. The molecule has 0 aliphatic carbocycles. The second-order valence-corrected chi connectivity index (χ2v) is 7.96. The largest absolute Gasteiger partial charge is 0.417 e. The van der Waals surface area contributed by atoms with E-state index >= 15 is 0 Å². The third-order valence-corrected chi connectivity index (χ3v) is 5.46. The minimum Gasteiger partial charge on any atom is -0.338 e. The SMILES string of the molecule is Cc1cc(NC(=O)C(C)N2CCN(CC(=O)Nc3ccc(Cl)c(C(F)(F)F)c3)CC2)on1. The van der Waals surface area contributed by atoms with Crippen LogP contribution in [0.5, 0.6) is 0 Å². The maximum Gasteiger partial charge on any atom is 0.417 e. The summed E-state index contributed by atoms with van der Waals surface area (Å²) >= 11 is 5.60. The number of nitrogens with one attached hydrogen (secondary N) is 2. The van der Waals surface area contributed by atoms with Crippen LogP contribution in [-0.4, -0.2) is 65.5 Å². The number of carbonyl (C=O) groups is 2. The predicted molar refractivity (Wildman–Crippen MR) is 112 cm³/mol. The summed E-state index contributed by atoms with van der Waals surface area (Å²) < 4.78 is 43.9. The monoisotopic (exact) mass is 473 g/mol. The Balaban J connectivity index is 1.47. The molecule has 2 N–H and O–H groups in total. The van der Waals surface area contributed by atoms with Gasteiger partial charge in [0.2, 0.25) is 17.7 Å². The smallest absolute Gasteiger partial charge is 0.338 e. The van der Waals surface area contributed by atoms with Crippen molar-refractivity contribution < 1.29 is 27.3 Å². The Bertz CT molecular complexity index is 974. The van der Waals surface area contributed by atoms with E-state index in [9.17, 15) is 22.8 Å². The van der Waals surface area contributed by atoms with Gasteiger partial charge in [0.1, 0.15) is 0 Å². The number of aryl methyl sites for hydroxylation is 1. The van der Waals surface area contributed by atoms with Crippen LogP contribution >= 0.6 is 11.6 Å². The van der Waals surface area contributed by atoms with Gasteiger partial charge in [-0.1, -0.05) is 16.8 Å². The molecule has 3 rings (SSSR count). The van der Waals surface area contributed by atoms with Crippen LogP contribution in [0.4, 0.5) is 24.7 Å². The first kappa shape index (κ1) is 24.0. The summed E-state index contributed by atoms with van der Waals surface area (Å²) in [5.41, 5.74) is -0.315. The molecule has 1 unspecified atom stereocenters. The summed E-state index contributed by atoms with van der Waals surface area (Å²) in [7, 11) is 0. The lowest BCUT2D eigenvalue weighted by Gasteiger charge is -2.36. The van der Waals surface area contributed by atoms with E-state index in [-0.39, 0.29) is 24.0 Å². The lowest BCUT2D eigenvalue weighted by Crippen LogP contribution is -2.53. The molecule has 0 bridgehead atoms. The molecule has 1 atom stereocenters. The number of hydrogen-bond acceptors (Lipinski definition) is 6. The highest BCUT2D eigenvalue weighted by molar-refractivity contribution is 6.31. The lowest BCUT2D eigenvalue weighted by molar-refractivity contribution is -0.137. The maximum absolute atomic E-state index is 13.0. The Morgan fingerprint density at radius 1 is 1.19 bits per heavy atom. The second kappa shape index (κ2) is 9.88. The van der Waals surface area contributed by atoms with Gasteiger partial charge in [-0.05, 0) is 32.0 Å². The molecule has 2 heterocycles. The van der Waals surface area contributed by atoms with Gasteiger partial charge in [0.25, 0.3) is 0 Å². The van der Waals surface area contributed by atoms with Crippen molar-refractivity contribution in [1.29, 1.82) is 0 Å². The Morgan fingerprint density at radius 2 is 1.88 bits per heavy atom. The maximum atomic E-state index is 13.0. The van der Waals surface area contributed by atoms with Gasteiger partial charge in [-0.3, -0.25) is 24.7 Å². The van der Waals surface area contributed by atoms with Crippen LogP contribution in [0, 0.1) is 6.92 Å². The fraction of sp³-hybridized carbons (Fsp3) is 0.450. The summed E-state index contributed by atoms with van der Waals surface area (Å²) in [5, 5.41) is 8.44. The number of carbonyl (C=O) groups excluding carboxylic acids is 2. The van der Waals surface area contributed by atoms with E-state index in [1.54, 1.807) is 19.9 Å². The number of rotatable bonds is 6. The third kappa shape index (κ3) is 6.21. The number of anilines is 2. The van der Waals surface area contributed by atoms with E-state index in [1.165, 1.54) is 6.07 Å². The van der Waals surface area contributed by atoms with E-state index in [4.69, 9.17) is 16.1 Å². The van der Waals surface area contributed by atoms with E-state index in [2.05, 4.69) is 15.8 Å². The van der Waals surface area contributed by atoms with Gasteiger partial charge in [-0.2, -0.15) is 13.2 Å². The van der Waals surface area contributed by atoms with E-state index in [0.717, 1.165) is 12.1 Å². The van der Waals surface area contributed by atoms with Crippen LogP contribution in [-0.2, 0) is 15.8 Å². The van der Waals surface area contributed by atoms with Crippen LogP contribution in [0.25, 0.3) is 0 Å². The van der Waals surface area contributed by atoms with Crippen molar-refractivity contribution in [3.63, 3.8) is 0 Å². The van der Waals surface area contributed by atoms with E-state index in [0.29, 0.717) is 31.9 Å². The lowest BCUT2D eigenvalue weighted by atomic mass is 10.2. The van der Waals surface area contributed by atoms with Crippen LogP contribution < -0.4 is 10.6 Å². The van der Waals surface area contributed by atoms with Gasteiger partial charge in [-0.15, -0.1) is 0 Å². The van der Waals surface area contributed by atoms with Crippen molar-refractivity contribution in [3.05, 3.63) is 40.5 Å². The number of benzene rings is 1. The molecule has 8 nitrogen and oxygen atoms in total. The van der Waals surface area contributed by atoms with Crippen molar-refractivity contribution in [2.45, 2.75) is 26.1 Å². The third-order valence-electron chi connectivity index (χ3n) is 5.13. The summed E-state index contributed by atoms with van der Waals surface area (Å²) in [6.07, 6.45) is -4.61.